The minimum atomic E-state index is -0.663. The second-order valence-electron chi connectivity index (χ2n) is 7.79. The van der Waals surface area contributed by atoms with Gasteiger partial charge in [0, 0.05) is 0 Å². The summed E-state index contributed by atoms with van der Waals surface area (Å²) in [6.45, 7) is 5.24. The molecule has 2 aliphatic heterocycles. The van der Waals surface area contributed by atoms with Crippen molar-refractivity contribution in [1.82, 2.24) is 0 Å². The Bertz CT molecular complexity index is 776. The van der Waals surface area contributed by atoms with Crippen molar-refractivity contribution in [3.8, 4) is 11.5 Å². The minimum absolute atomic E-state index is 0.000324. The van der Waals surface area contributed by atoms with Gasteiger partial charge >= 0.3 is 0 Å². The first-order valence-electron chi connectivity index (χ1n) is 9.94. The first kappa shape index (κ1) is 20.2. The number of benzene rings is 2. The van der Waals surface area contributed by atoms with Crippen molar-refractivity contribution in [2.75, 3.05) is 20.3 Å². The van der Waals surface area contributed by atoms with Gasteiger partial charge in [0.2, 0.25) is 0 Å². The lowest BCUT2D eigenvalue weighted by molar-refractivity contribution is -0.216. The fourth-order valence-electron chi connectivity index (χ4n) is 3.73. The highest BCUT2D eigenvalue weighted by Crippen LogP contribution is 2.41. The lowest BCUT2D eigenvalue weighted by Gasteiger charge is -2.25. The Morgan fingerprint density at radius 1 is 0.897 bits per heavy atom. The van der Waals surface area contributed by atoms with Crippen LogP contribution in [0.3, 0.4) is 0 Å². The number of ether oxygens (including phenoxy) is 6. The highest BCUT2D eigenvalue weighted by Gasteiger charge is 2.54. The Morgan fingerprint density at radius 3 is 2.34 bits per heavy atom. The molecule has 29 heavy (non-hydrogen) atoms. The normalized spacial score (nSPS) is 27.6. The molecule has 2 saturated heterocycles. The van der Waals surface area contributed by atoms with E-state index in [9.17, 15) is 0 Å². The Kier molecular flexibility index (Phi) is 6.06. The van der Waals surface area contributed by atoms with Crippen molar-refractivity contribution >= 4 is 0 Å². The summed E-state index contributed by atoms with van der Waals surface area (Å²) in [6, 6.07) is 17.6. The van der Waals surface area contributed by atoms with Crippen molar-refractivity contribution in [1.29, 1.82) is 0 Å². The summed E-state index contributed by atoms with van der Waals surface area (Å²) in [5, 5.41) is 0. The molecule has 0 spiro atoms. The average molecular weight is 400 g/mol. The first-order valence-corrected chi connectivity index (χ1v) is 9.94. The SMILES string of the molecule is COc1ccc(OC[C@H]2[C@H]3OC(C)(C)O[C@H]3O[C@@H]2COCc2ccccc2)cc1. The summed E-state index contributed by atoms with van der Waals surface area (Å²) in [5.74, 6) is 0.905. The van der Waals surface area contributed by atoms with Gasteiger partial charge in [0.15, 0.2) is 12.1 Å². The minimum Gasteiger partial charge on any atom is -0.497 e. The molecule has 4 rings (SSSR count). The molecule has 6 nitrogen and oxygen atoms in total. The van der Waals surface area contributed by atoms with Gasteiger partial charge in [0.05, 0.1) is 39.0 Å². The zero-order valence-corrected chi connectivity index (χ0v) is 17.1. The quantitative estimate of drug-likeness (QED) is 0.672. The molecule has 0 aromatic heterocycles. The topological polar surface area (TPSA) is 55.4 Å². The van der Waals surface area contributed by atoms with Crippen molar-refractivity contribution < 1.29 is 28.4 Å². The van der Waals surface area contributed by atoms with Crippen LogP contribution in [-0.4, -0.2) is 44.6 Å². The van der Waals surface area contributed by atoms with Crippen LogP contribution >= 0.6 is 0 Å². The monoisotopic (exact) mass is 400 g/mol. The molecule has 0 bridgehead atoms. The van der Waals surface area contributed by atoms with E-state index in [1.807, 2.05) is 68.4 Å². The van der Waals surface area contributed by atoms with Crippen LogP contribution in [0.4, 0.5) is 0 Å². The Morgan fingerprint density at radius 2 is 1.62 bits per heavy atom. The zero-order valence-electron chi connectivity index (χ0n) is 17.1. The van der Waals surface area contributed by atoms with Crippen LogP contribution < -0.4 is 9.47 Å². The van der Waals surface area contributed by atoms with Crippen molar-refractivity contribution in [2.45, 2.75) is 44.7 Å². The second-order valence-corrected chi connectivity index (χ2v) is 7.79. The van der Waals surface area contributed by atoms with Crippen LogP contribution in [0, 0.1) is 5.92 Å². The van der Waals surface area contributed by atoms with Crippen molar-refractivity contribution in [2.24, 2.45) is 5.92 Å². The van der Waals surface area contributed by atoms with E-state index in [1.165, 1.54) is 0 Å². The van der Waals surface area contributed by atoms with Crippen molar-refractivity contribution in [3.05, 3.63) is 60.2 Å². The van der Waals surface area contributed by atoms with Crippen LogP contribution in [0.15, 0.2) is 54.6 Å². The summed E-state index contributed by atoms with van der Waals surface area (Å²) >= 11 is 0. The largest absolute Gasteiger partial charge is 0.497 e. The summed E-state index contributed by atoms with van der Waals surface area (Å²) in [6.07, 6.45) is -0.753. The third-order valence-electron chi connectivity index (χ3n) is 5.19. The maximum atomic E-state index is 6.12. The van der Waals surface area contributed by atoms with E-state index in [4.69, 9.17) is 28.4 Å². The van der Waals surface area contributed by atoms with Gasteiger partial charge in [-0.15, -0.1) is 0 Å². The Balaban J connectivity index is 1.38. The van der Waals surface area contributed by atoms with Crippen LogP contribution in [-0.2, 0) is 25.6 Å². The third-order valence-corrected chi connectivity index (χ3v) is 5.19. The Hall–Kier alpha value is -2.12. The van der Waals surface area contributed by atoms with E-state index in [-0.39, 0.29) is 18.1 Å². The van der Waals surface area contributed by atoms with E-state index in [0.29, 0.717) is 19.8 Å². The Labute approximate surface area is 171 Å². The highest BCUT2D eigenvalue weighted by atomic mass is 16.8. The molecular formula is C23H28O6. The van der Waals surface area contributed by atoms with E-state index >= 15 is 0 Å². The molecule has 0 aliphatic carbocycles. The van der Waals surface area contributed by atoms with Gasteiger partial charge in [-0.2, -0.15) is 0 Å². The fraction of sp³-hybridized carbons (Fsp3) is 0.478. The van der Waals surface area contributed by atoms with E-state index in [0.717, 1.165) is 17.1 Å². The lowest BCUT2D eigenvalue weighted by atomic mass is 10.00. The fourth-order valence-corrected chi connectivity index (χ4v) is 3.73. The third kappa shape index (κ3) is 4.90. The molecule has 0 N–H and O–H groups in total. The summed E-state index contributed by atoms with van der Waals surface area (Å²) < 4.78 is 35.3. The van der Waals surface area contributed by atoms with Crippen molar-refractivity contribution in [3.63, 3.8) is 0 Å². The number of hydrogen-bond donors (Lipinski definition) is 0. The van der Waals surface area contributed by atoms with Crippen LogP contribution in [0.1, 0.15) is 19.4 Å². The average Bonchev–Trinajstić information content (AvgIpc) is 3.19. The van der Waals surface area contributed by atoms with Crippen LogP contribution in [0.2, 0.25) is 0 Å². The molecule has 0 radical (unpaired) electrons. The smallest absolute Gasteiger partial charge is 0.188 e. The number of rotatable bonds is 8. The van der Waals surface area contributed by atoms with Crippen LogP contribution in [0.25, 0.3) is 0 Å². The first-order chi connectivity index (χ1) is 14.0. The maximum Gasteiger partial charge on any atom is 0.188 e. The predicted molar refractivity (Wildman–Crippen MR) is 107 cm³/mol. The maximum absolute atomic E-state index is 6.12. The summed E-state index contributed by atoms with van der Waals surface area (Å²) in [4.78, 5) is 0. The zero-order chi connectivity index (χ0) is 20.3. The molecule has 2 aliphatic rings. The standard InChI is InChI=1S/C23H28O6/c1-23(2)28-21-19(14-26-18-11-9-17(24-3)10-12-18)20(27-22(21)29-23)15-25-13-16-7-5-4-6-8-16/h4-12,19-22H,13-15H2,1-3H3/t19-,20-,21-,22-/m1/s1. The molecule has 2 aromatic carbocycles. The molecule has 0 unspecified atom stereocenters. The molecule has 2 fully saturated rings. The molecule has 156 valence electrons. The van der Waals surface area contributed by atoms with E-state index in [1.54, 1.807) is 7.11 Å². The van der Waals surface area contributed by atoms with Gasteiger partial charge in [0.25, 0.3) is 0 Å². The summed E-state index contributed by atoms with van der Waals surface area (Å²) in [5.41, 5.74) is 1.13. The lowest BCUT2D eigenvalue weighted by Crippen LogP contribution is -2.36. The number of hydrogen-bond acceptors (Lipinski definition) is 6. The molecule has 2 aromatic rings. The molecule has 0 saturated carbocycles. The van der Waals surface area contributed by atoms with E-state index < -0.39 is 12.1 Å². The molecular weight excluding hydrogens is 372 g/mol. The molecule has 6 heteroatoms. The van der Waals surface area contributed by atoms with Gasteiger partial charge in [-0.05, 0) is 43.7 Å². The van der Waals surface area contributed by atoms with E-state index in [2.05, 4.69) is 0 Å². The molecule has 0 amide bonds. The second kappa shape index (κ2) is 8.71. The molecule has 4 atom stereocenters. The molecule has 2 heterocycles. The number of fused-ring (bicyclic) bond motifs is 1. The highest BCUT2D eigenvalue weighted by molar-refractivity contribution is 5.31. The number of methoxy groups -OCH3 is 1. The van der Waals surface area contributed by atoms with Gasteiger partial charge in [-0.1, -0.05) is 30.3 Å². The van der Waals surface area contributed by atoms with Gasteiger partial charge in [0.1, 0.15) is 17.6 Å². The summed E-state index contributed by atoms with van der Waals surface area (Å²) in [7, 11) is 1.64. The van der Waals surface area contributed by atoms with Crippen LogP contribution in [0.5, 0.6) is 11.5 Å². The predicted octanol–water partition coefficient (Wildman–Crippen LogP) is 3.78. The van der Waals surface area contributed by atoms with Gasteiger partial charge in [-0.3, -0.25) is 0 Å². The van der Waals surface area contributed by atoms with Gasteiger partial charge in [-0.25, -0.2) is 0 Å². The van der Waals surface area contributed by atoms with Gasteiger partial charge < -0.3 is 28.4 Å².